The molecule has 1 aromatic carbocycles. The summed E-state index contributed by atoms with van der Waals surface area (Å²) in [4.78, 5) is 13.9. The quantitative estimate of drug-likeness (QED) is 0.906. The fraction of sp³-hybridized carbons (Fsp3) is 0.417. The number of likely N-dealkylation sites (N-methyl/N-ethyl adjacent to an activating group) is 1. The van der Waals surface area contributed by atoms with Crippen LogP contribution in [-0.2, 0) is 0 Å². The molecule has 17 heavy (non-hydrogen) atoms. The first-order chi connectivity index (χ1) is 8.09. The number of carbonyl (C=O) groups excluding carboxylic acids is 1. The summed E-state index contributed by atoms with van der Waals surface area (Å²) in [5, 5.41) is 3.22. The lowest BCUT2D eigenvalue weighted by Gasteiger charge is -2.24. The third kappa shape index (κ3) is 2.66. The predicted octanol–water partition coefficient (Wildman–Crippen LogP) is 2.02. The van der Waals surface area contributed by atoms with Crippen molar-refractivity contribution >= 4 is 21.8 Å². The van der Waals surface area contributed by atoms with Crippen molar-refractivity contribution in [2.45, 2.75) is 12.5 Å². The van der Waals surface area contributed by atoms with Gasteiger partial charge in [-0.3, -0.25) is 4.79 Å². The van der Waals surface area contributed by atoms with Crippen LogP contribution in [0.3, 0.4) is 0 Å². The van der Waals surface area contributed by atoms with Crippen LogP contribution in [-0.4, -0.2) is 37.0 Å². The largest absolute Gasteiger partial charge is 0.337 e. The summed E-state index contributed by atoms with van der Waals surface area (Å²) in [7, 11) is 1.79. The number of hydrogen-bond acceptors (Lipinski definition) is 2. The SMILES string of the molecule is CN(C(=O)c1ccc(F)cc1Br)[C@H]1CCNC1. The maximum Gasteiger partial charge on any atom is 0.255 e. The number of halogens is 2. The highest BCUT2D eigenvalue weighted by molar-refractivity contribution is 9.10. The molecule has 1 N–H and O–H groups in total. The summed E-state index contributed by atoms with van der Waals surface area (Å²) < 4.78 is 13.4. The lowest BCUT2D eigenvalue weighted by atomic mass is 10.1. The predicted molar refractivity (Wildman–Crippen MR) is 67.5 cm³/mol. The maximum atomic E-state index is 12.9. The third-order valence-electron chi connectivity index (χ3n) is 3.06. The van der Waals surface area contributed by atoms with Crippen molar-refractivity contribution in [2.24, 2.45) is 0 Å². The van der Waals surface area contributed by atoms with Gasteiger partial charge in [-0.05, 0) is 47.1 Å². The zero-order chi connectivity index (χ0) is 12.4. The van der Waals surface area contributed by atoms with Gasteiger partial charge in [0.1, 0.15) is 5.82 Å². The molecular formula is C12H14BrFN2O. The van der Waals surface area contributed by atoms with Gasteiger partial charge in [0.2, 0.25) is 0 Å². The van der Waals surface area contributed by atoms with Crippen molar-refractivity contribution in [3.63, 3.8) is 0 Å². The number of rotatable bonds is 2. The summed E-state index contributed by atoms with van der Waals surface area (Å²) in [5.41, 5.74) is 0.501. The van der Waals surface area contributed by atoms with E-state index in [2.05, 4.69) is 21.2 Å². The molecule has 1 aliphatic heterocycles. The van der Waals surface area contributed by atoms with E-state index in [0.29, 0.717) is 10.0 Å². The Balaban J connectivity index is 2.18. The summed E-state index contributed by atoms with van der Waals surface area (Å²) in [6, 6.07) is 4.35. The van der Waals surface area contributed by atoms with Crippen LogP contribution >= 0.6 is 15.9 Å². The minimum atomic E-state index is -0.349. The first kappa shape index (κ1) is 12.5. The minimum Gasteiger partial charge on any atom is -0.337 e. The van der Waals surface area contributed by atoms with E-state index >= 15 is 0 Å². The molecule has 1 saturated heterocycles. The average Bonchev–Trinajstić information content (AvgIpc) is 2.80. The van der Waals surface area contributed by atoms with Gasteiger partial charge >= 0.3 is 0 Å². The highest BCUT2D eigenvalue weighted by atomic mass is 79.9. The van der Waals surface area contributed by atoms with Gasteiger partial charge in [0.25, 0.3) is 5.91 Å². The number of hydrogen-bond donors (Lipinski definition) is 1. The van der Waals surface area contributed by atoms with E-state index < -0.39 is 0 Å². The molecule has 1 amide bonds. The first-order valence-electron chi connectivity index (χ1n) is 5.52. The number of benzene rings is 1. The molecule has 5 heteroatoms. The van der Waals surface area contributed by atoms with Crippen LogP contribution in [0.2, 0.25) is 0 Å². The van der Waals surface area contributed by atoms with E-state index in [1.165, 1.54) is 18.2 Å². The van der Waals surface area contributed by atoms with Crippen LogP contribution in [0.15, 0.2) is 22.7 Å². The van der Waals surface area contributed by atoms with Crippen molar-refractivity contribution < 1.29 is 9.18 Å². The Kier molecular flexibility index (Phi) is 3.79. The average molecular weight is 301 g/mol. The van der Waals surface area contributed by atoms with Crippen molar-refractivity contribution in [1.82, 2.24) is 10.2 Å². The molecule has 1 fully saturated rings. The second kappa shape index (κ2) is 5.14. The fourth-order valence-corrected chi connectivity index (χ4v) is 2.51. The third-order valence-corrected chi connectivity index (χ3v) is 3.72. The Bertz CT molecular complexity index is 433. The Labute approximate surface area is 108 Å². The molecule has 0 aromatic heterocycles. The van der Waals surface area contributed by atoms with E-state index in [1.54, 1.807) is 11.9 Å². The highest BCUT2D eigenvalue weighted by Crippen LogP contribution is 2.21. The molecule has 1 aliphatic rings. The minimum absolute atomic E-state index is 0.0782. The van der Waals surface area contributed by atoms with Crippen LogP contribution < -0.4 is 5.32 Å². The molecular weight excluding hydrogens is 287 g/mol. The van der Waals surface area contributed by atoms with Gasteiger partial charge in [-0.25, -0.2) is 4.39 Å². The Hall–Kier alpha value is -0.940. The van der Waals surface area contributed by atoms with E-state index in [9.17, 15) is 9.18 Å². The van der Waals surface area contributed by atoms with Gasteiger partial charge < -0.3 is 10.2 Å². The highest BCUT2D eigenvalue weighted by Gasteiger charge is 2.25. The molecule has 0 saturated carbocycles. The van der Waals surface area contributed by atoms with Crippen LogP contribution in [0.5, 0.6) is 0 Å². The summed E-state index contributed by atoms with van der Waals surface area (Å²) in [5.74, 6) is -0.427. The van der Waals surface area contributed by atoms with Crippen LogP contribution in [0.25, 0.3) is 0 Å². The first-order valence-corrected chi connectivity index (χ1v) is 6.32. The van der Waals surface area contributed by atoms with Crippen LogP contribution in [0, 0.1) is 5.82 Å². The smallest absolute Gasteiger partial charge is 0.255 e. The van der Waals surface area contributed by atoms with Gasteiger partial charge in [-0.1, -0.05) is 0 Å². The monoisotopic (exact) mass is 300 g/mol. The van der Waals surface area contributed by atoms with Crippen LogP contribution in [0.4, 0.5) is 4.39 Å². The molecule has 0 aliphatic carbocycles. The van der Waals surface area contributed by atoms with Crippen LogP contribution in [0.1, 0.15) is 16.8 Å². The molecule has 0 unspecified atom stereocenters. The summed E-state index contributed by atoms with van der Waals surface area (Å²) in [6.45, 7) is 1.76. The zero-order valence-electron chi connectivity index (χ0n) is 9.54. The number of nitrogens with zero attached hydrogens (tertiary/aromatic N) is 1. The zero-order valence-corrected chi connectivity index (χ0v) is 11.1. The van der Waals surface area contributed by atoms with Crippen molar-refractivity contribution in [3.05, 3.63) is 34.1 Å². The van der Waals surface area contributed by atoms with Gasteiger partial charge in [0, 0.05) is 24.1 Å². The van der Waals surface area contributed by atoms with E-state index in [1.807, 2.05) is 0 Å². The number of carbonyl (C=O) groups is 1. The molecule has 1 heterocycles. The van der Waals surface area contributed by atoms with Gasteiger partial charge in [-0.2, -0.15) is 0 Å². The van der Waals surface area contributed by atoms with Gasteiger partial charge in [0.15, 0.2) is 0 Å². The van der Waals surface area contributed by atoms with Gasteiger partial charge in [-0.15, -0.1) is 0 Å². The Morgan fingerprint density at radius 3 is 2.94 bits per heavy atom. The molecule has 1 aromatic rings. The molecule has 2 rings (SSSR count). The normalized spacial score (nSPS) is 19.4. The van der Waals surface area contributed by atoms with Crippen molar-refractivity contribution in [2.75, 3.05) is 20.1 Å². The molecule has 3 nitrogen and oxygen atoms in total. The Morgan fingerprint density at radius 2 is 2.35 bits per heavy atom. The topological polar surface area (TPSA) is 32.3 Å². The molecule has 92 valence electrons. The lowest BCUT2D eigenvalue weighted by molar-refractivity contribution is 0.0743. The number of amides is 1. The second-order valence-corrected chi connectivity index (χ2v) is 5.04. The molecule has 0 spiro atoms. The molecule has 0 bridgehead atoms. The van der Waals surface area contributed by atoms with Crippen molar-refractivity contribution in [1.29, 1.82) is 0 Å². The Morgan fingerprint density at radius 1 is 1.59 bits per heavy atom. The van der Waals surface area contributed by atoms with Crippen molar-refractivity contribution in [3.8, 4) is 0 Å². The number of nitrogens with one attached hydrogen (secondary N) is 1. The van der Waals surface area contributed by atoms with E-state index in [-0.39, 0.29) is 17.8 Å². The van der Waals surface area contributed by atoms with Gasteiger partial charge in [0.05, 0.1) is 5.56 Å². The second-order valence-electron chi connectivity index (χ2n) is 4.19. The summed E-state index contributed by atoms with van der Waals surface area (Å²) >= 11 is 3.22. The lowest BCUT2D eigenvalue weighted by Crippen LogP contribution is -2.38. The summed E-state index contributed by atoms with van der Waals surface area (Å²) in [6.07, 6.45) is 0.959. The van der Waals surface area contributed by atoms with E-state index in [0.717, 1.165) is 19.5 Å². The molecule has 1 atom stereocenters. The van der Waals surface area contributed by atoms with E-state index in [4.69, 9.17) is 0 Å². The fourth-order valence-electron chi connectivity index (χ4n) is 1.99. The standard InChI is InChI=1S/C12H14BrFN2O/c1-16(9-4-5-15-7-9)12(17)10-3-2-8(14)6-11(10)13/h2-3,6,9,15H,4-5,7H2,1H3/t9-/m0/s1. The molecule has 0 radical (unpaired) electrons. The maximum absolute atomic E-state index is 12.9.